The molecule has 1 aromatic heterocycles. The van der Waals surface area contributed by atoms with E-state index in [1.165, 1.54) is 7.11 Å². The maximum Gasteiger partial charge on any atom is 0.310 e. The van der Waals surface area contributed by atoms with E-state index < -0.39 is 0 Å². The summed E-state index contributed by atoms with van der Waals surface area (Å²) < 4.78 is 7.53. The van der Waals surface area contributed by atoms with Crippen LogP contribution in [-0.4, -0.2) is 22.9 Å². The fourth-order valence-electron chi connectivity index (χ4n) is 2.01. The van der Waals surface area contributed by atoms with Crippen LogP contribution in [0.3, 0.4) is 0 Å². The largest absolute Gasteiger partial charge is 0.469 e. The van der Waals surface area contributed by atoms with Gasteiger partial charge in [0.05, 0.1) is 24.9 Å². The molecule has 0 atom stereocenters. The van der Waals surface area contributed by atoms with E-state index >= 15 is 0 Å². The van der Waals surface area contributed by atoms with E-state index in [9.17, 15) is 4.79 Å². The Kier molecular flexibility index (Phi) is 4.04. The lowest BCUT2D eigenvalue weighted by Crippen LogP contribution is -2.06. The number of ether oxygens (including phenoxy) is 1. The minimum atomic E-state index is -0.252. The summed E-state index contributed by atoms with van der Waals surface area (Å²) in [6.45, 7) is 3.86. The third-order valence-electron chi connectivity index (χ3n) is 3.07. The number of carbonyl (C=O) groups excluding carboxylic acids is 1. The number of benzene rings is 1. The zero-order valence-corrected chi connectivity index (χ0v) is 12.7. The zero-order valence-electron chi connectivity index (χ0n) is 11.1. The molecular weight excluding hydrogens is 308 g/mol. The predicted octanol–water partition coefficient (Wildman–Crippen LogP) is 2.97. The number of halogens is 1. The molecule has 0 saturated carbocycles. The maximum atomic E-state index is 11.4. The van der Waals surface area contributed by atoms with Crippen molar-refractivity contribution in [1.29, 1.82) is 0 Å². The smallest absolute Gasteiger partial charge is 0.310 e. The first-order chi connectivity index (χ1) is 9.04. The van der Waals surface area contributed by atoms with E-state index in [1.807, 2.05) is 42.8 Å². The number of nitrogens with zero attached hydrogens (tertiary/aromatic N) is 2. The minimum absolute atomic E-state index is 0.249. The third-order valence-corrected chi connectivity index (χ3v) is 3.74. The third kappa shape index (κ3) is 2.71. The van der Waals surface area contributed by atoms with Crippen LogP contribution in [0, 0.1) is 13.8 Å². The number of hydrogen-bond acceptors (Lipinski definition) is 3. The van der Waals surface area contributed by atoms with Gasteiger partial charge in [0.2, 0.25) is 0 Å². The molecule has 2 rings (SSSR count). The first kappa shape index (κ1) is 13.8. The molecule has 1 heterocycles. The van der Waals surface area contributed by atoms with Crippen molar-refractivity contribution in [3.05, 3.63) is 45.7 Å². The summed E-state index contributed by atoms with van der Waals surface area (Å²) in [6.07, 6.45) is 0.249. The number of methoxy groups -OCH3 is 1. The Hall–Kier alpha value is -1.62. The Morgan fingerprint density at radius 3 is 2.68 bits per heavy atom. The highest BCUT2D eigenvalue weighted by atomic mass is 79.9. The minimum Gasteiger partial charge on any atom is -0.469 e. The van der Waals surface area contributed by atoms with Crippen LogP contribution in [0.2, 0.25) is 0 Å². The van der Waals surface area contributed by atoms with Gasteiger partial charge >= 0.3 is 5.97 Å². The number of aryl methyl sites for hydroxylation is 1. The number of esters is 1. The average Bonchev–Trinajstić information content (AvgIpc) is 2.67. The van der Waals surface area contributed by atoms with Crippen LogP contribution in [0.25, 0.3) is 5.69 Å². The highest BCUT2D eigenvalue weighted by Gasteiger charge is 2.16. The molecule has 0 unspecified atom stereocenters. The lowest BCUT2D eigenvalue weighted by molar-refractivity contribution is -0.139. The van der Waals surface area contributed by atoms with Crippen molar-refractivity contribution in [1.82, 2.24) is 9.78 Å². The van der Waals surface area contributed by atoms with Crippen LogP contribution in [0.4, 0.5) is 0 Å². The van der Waals surface area contributed by atoms with E-state index in [2.05, 4.69) is 21.0 Å². The second-order valence-corrected chi connectivity index (χ2v) is 5.12. The molecule has 0 aliphatic heterocycles. The van der Waals surface area contributed by atoms with Crippen molar-refractivity contribution < 1.29 is 9.53 Å². The quantitative estimate of drug-likeness (QED) is 0.816. The predicted molar refractivity (Wildman–Crippen MR) is 76.5 cm³/mol. The molecule has 0 aliphatic carbocycles. The van der Waals surface area contributed by atoms with Crippen molar-refractivity contribution in [2.75, 3.05) is 7.11 Å². The summed E-state index contributed by atoms with van der Waals surface area (Å²) in [5.74, 6) is -0.252. The fourth-order valence-corrected chi connectivity index (χ4v) is 2.46. The second-order valence-electron chi connectivity index (χ2n) is 4.27. The van der Waals surface area contributed by atoms with Gasteiger partial charge in [-0.05, 0) is 41.9 Å². The van der Waals surface area contributed by atoms with E-state index in [0.29, 0.717) is 0 Å². The van der Waals surface area contributed by atoms with E-state index in [1.54, 1.807) is 0 Å². The molecule has 1 aromatic carbocycles. The Labute approximate surface area is 120 Å². The first-order valence-electron chi connectivity index (χ1n) is 5.91. The molecule has 0 N–H and O–H groups in total. The van der Waals surface area contributed by atoms with Gasteiger partial charge in [0.15, 0.2) is 0 Å². The summed E-state index contributed by atoms with van der Waals surface area (Å²) in [7, 11) is 1.39. The Morgan fingerprint density at radius 1 is 1.37 bits per heavy atom. The Balaban J connectivity index is 2.47. The van der Waals surface area contributed by atoms with Gasteiger partial charge in [-0.2, -0.15) is 5.10 Å². The molecule has 4 nitrogen and oxygen atoms in total. The molecule has 0 radical (unpaired) electrons. The first-order valence-corrected chi connectivity index (χ1v) is 6.70. The SMILES string of the molecule is COC(=O)Cc1c(C)nn(-c2ccccc2Br)c1C. The molecular formula is C14H15BrN2O2. The van der Waals surface area contributed by atoms with Crippen LogP contribution in [0.15, 0.2) is 28.7 Å². The summed E-state index contributed by atoms with van der Waals surface area (Å²) in [4.78, 5) is 11.4. The molecule has 0 amide bonds. The molecule has 19 heavy (non-hydrogen) atoms. The highest BCUT2D eigenvalue weighted by molar-refractivity contribution is 9.10. The van der Waals surface area contributed by atoms with Gasteiger partial charge in [-0.1, -0.05) is 12.1 Å². The van der Waals surface area contributed by atoms with Crippen LogP contribution in [0.5, 0.6) is 0 Å². The normalized spacial score (nSPS) is 10.5. The molecule has 5 heteroatoms. The van der Waals surface area contributed by atoms with Crippen molar-refractivity contribution in [3.8, 4) is 5.69 Å². The number of hydrogen-bond donors (Lipinski definition) is 0. The van der Waals surface area contributed by atoms with Crippen LogP contribution in [0.1, 0.15) is 17.0 Å². The number of aromatic nitrogens is 2. The van der Waals surface area contributed by atoms with Gasteiger partial charge in [0.1, 0.15) is 0 Å². The number of carbonyl (C=O) groups is 1. The van der Waals surface area contributed by atoms with Gasteiger partial charge in [-0.25, -0.2) is 4.68 Å². The summed E-state index contributed by atoms with van der Waals surface area (Å²) >= 11 is 3.51. The van der Waals surface area contributed by atoms with E-state index in [4.69, 9.17) is 4.74 Å². The molecule has 0 bridgehead atoms. The summed E-state index contributed by atoms with van der Waals surface area (Å²) in [6, 6.07) is 7.85. The zero-order chi connectivity index (χ0) is 14.0. The van der Waals surface area contributed by atoms with E-state index in [-0.39, 0.29) is 12.4 Å². The Bertz CT molecular complexity index is 620. The van der Waals surface area contributed by atoms with Gasteiger partial charge in [0, 0.05) is 15.7 Å². The average molecular weight is 323 g/mol. The van der Waals surface area contributed by atoms with Gasteiger partial charge < -0.3 is 4.74 Å². The topological polar surface area (TPSA) is 44.1 Å². The monoisotopic (exact) mass is 322 g/mol. The van der Waals surface area contributed by atoms with Crippen LogP contribution in [-0.2, 0) is 16.0 Å². The van der Waals surface area contributed by atoms with E-state index in [0.717, 1.165) is 27.1 Å². The van der Waals surface area contributed by atoms with Crippen LogP contribution < -0.4 is 0 Å². The second kappa shape index (κ2) is 5.57. The highest BCUT2D eigenvalue weighted by Crippen LogP contribution is 2.24. The molecule has 0 aliphatic rings. The molecule has 100 valence electrons. The summed E-state index contributed by atoms with van der Waals surface area (Å²) in [5, 5.41) is 4.51. The maximum absolute atomic E-state index is 11.4. The Morgan fingerprint density at radius 2 is 2.05 bits per heavy atom. The van der Waals surface area contributed by atoms with Crippen LogP contribution >= 0.6 is 15.9 Å². The van der Waals surface area contributed by atoms with Crippen molar-refractivity contribution in [3.63, 3.8) is 0 Å². The molecule has 0 spiro atoms. The number of para-hydroxylation sites is 1. The van der Waals surface area contributed by atoms with Crippen molar-refractivity contribution >= 4 is 21.9 Å². The number of rotatable bonds is 3. The molecule has 0 fully saturated rings. The van der Waals surface area contributed by atoms with Crippen molar-refractivity contribution in [2.45, 2.75) is 20.3 Å². The standard InChI is InChI=1S/C14H15BrN2O2/c1-9-11(8-14(18)19-3)10(2)17(16-9)13-7-5-4-6-12(13)15/h4-7H,8H2,1-3H3. The molecule has 2 aromatic rings. The summed E-state index contributed by atoms with van der Waals surface area (Å²) in [5.41, 5.74) is 3.68. The lowest BCUT2D eigenvalue weighted by atomic mass is 10.1. The lowest BCUT2D eigenvalue weighted by Gasteiger charge is -2.07. The van der Waals surface area contributed by atoms with Gasteiger partial charge in [-0.3, -0.25) is 4.79 Å². The fraction of sp³-hybridized carbons (Fsp3) is 0.286. The van der Waals surface area contributed by atoms with Crippen molar-refractivity contribution in [2.24, 2.45) is 0 Å². The van der Waals surface area contributed by atoms with Gasteiger partial charge in [0.25, 0.3) is 0 Å². The van der Waals surface area contributed by atoms with Gasteiger partial charge in [-0.15, -0.1) is 0 Å². The molecule has 0 saturated heterocycles.